The first-order chi connectivity index (χ1) is 9.24. The number of hydrogen-bond donors (Lipinski definition) is 1. The summed E-state index contributed by atoms with van der Waals surface area (Å²) in [6.45, 7) is 0. The first-order valence-corrected chi connectivity index (χ1v) is 6.05. The molecule has 19 heavy (non-hydrogen) atoms. The van der Waals surface area contributed by atoms with Crippen molar-refractivity contribution in [3.05, 3.63) is 53.7 Å². The molecule has 0 atom stereocenters. The van der Waals surface area contributed by atoms with Crippen LogP contribution in [0, 0.1) is 0 Å². The zero-order chi connectivity index (χ0) is 13.2. The number of nitrogens with zero attached hydrogens (tertiary/aromatic N) is 2. The third kappa shape index (κ3) is 2.30. The molecule has 0 unspecified atom stereocenters. The van der Waals surface area contributed by atoms with E-state index in [1.54, 1.807) is 0 Å². The van der Waals surface area contributed by atoms with Gasteiger partial charge in [0, 0.05) is 5.39 Å². The molecule has 2 aromatic carbocycles. The average Bonchev–Trinajstić information content (AvgIpc) is 2.43. The summed E-state index contributed by atoms with van der Waals surface area (Å²) >= 11 is 5.99. The average molecular weight is 272 g/mol. The van der Waals surface area contributed by atoms with Crippen molar-refractivity contribution in [3.63, 3.8) is 0 Å². The minimum atomic E-state index is 0.125. The van der Waals surface area contributed by atoms with Gasteiger partial charge in [-0.3, -0.25) is 0 Å². The summed E-state index contributed by atoms with van der Waals surface area (Å²) in [5.74, 6) is 1.06. The van der Waals surface area contributed by atoms with E-state index in [4.69, 9.17) is 22.1 Å². The lowest BCUT2D eigenvalue weighted by atomic mass is 10.1. The van der Waals surface area contributed by atoms with Crippen molar-refractivity contribution in [2.45, 2.75) is 0 Å². The second kappa shape index (κ2) is 4.74. The third-order valence-corrected chi connectivity index (χ3v) is 2.95. The quantitative estimate of drug-likeness (QED) is 0.773. The zero-order valence-corrected chi connectivity index (χ0v) is 10.6. The highest BCUT2D eigenvalue weighted by Gasteiger charge is 2.08. The van der Waals surface area contributed by atoms with Crippen molar-refractivity contribution in [3.8, 4) is 11.6 Å². The predicted octanol–water partition coefficient (Wildman–Crippen LogP) is 3.66. The Hall–Kier alpha value is -2.33. The fraction of sp³-hybridized carbons (Fsp3) is 0. The Balaban J connectivity index is 2.08. The molecule has 5 heteroatoms. The largest absolute Gasteiger partial charge is 0.437 e. The molecular formula is C14H10ClN3O. The molecule has 2 N–H and O–H groups in total. The monoisotopic (exact) mass is 271 g/mol. The summed E-state index contributed by atoms with van der Waals surface area (Å²) in [6, 6.07) is 13.7. The van der Waals surface area contributed by atoms with Crippen LogP contribution >= 0.6 is 11.6 Å². The Morgan fingerprint density at radius 3 is 2.74 bits per heavy atom. The predicted molar refractivity (Wildman–Crippen MR) is 75.5 cm³/mol. The number of rotatable bonds is 2. The molecule has 94 valence electrons. The Bertz CT molecular complexity index is 740. The SMILES string of the molecule is Nc1ncc(Cl)c(Oc2cccc3ccccc23)n1. The fourth-order valence-corrected chi connectivity index (χ4v) is 1.95. The lowest BCUT2D eigenvalue weighted by molar-refractivity contribution is 0.468. The van der Waals surface area contributed by atoms with Crippen LogP contribution < -0.4 is 10.5 Å². The molecule has 0 saturated carbocycles. The number of aromatic nitrogens is 2. The summed E-state index contributed by atoms with van der Waals surface area (Å²) in [5.41, 5.74) is 5.53. The smallest absolute Gasteiger partial charge is 0.243 e. The Labute approximate surface area is 114 Å². The molecule has 0 bridgehead atoms. The van der Waals surface area contributed by atoms with Crippen LogP contribution in [0.2, 0.25) is 5.02 Å². The van der Waals surface area contributed by atoms with Gasteiger partial charge in [-0.05, 0) is 11.5 Å². The van der Waals surface area contributed by atoms with E-state index < -0.39 is 0 Å². The number of hydrogen-bond acceptors (Lipinski definition) is 4. The molecule has 0 aliphatic rings. The summed E-state index contributed by atoms with van der Waals surface area (Å²) < 4.78 is 5.74. The van der Waals surface area contributed by atoms with Crippen molar-refractivity contribution in [1.29, 1.82) is 0 Å². The number of anilines is 1. The van der Waals surface area contributed by atoms with Gasteiger partial charge in [-0.1, -0.05) is 48.0 Å². The topological polar surface area (TPSA) is 61.0 Å². The Morgan fingerprint density at radius 1 is 1.05 bits per heavy atom. The van der Waals surface area contributed by atoms with Crippen LogP contribution in [-0.2, 0) is 0 Å². The summed E-state index contributed by atoms with van der Waals surface area (Å²) in [6.07, 6.45) is 1.42. The van der Waals surface area contributed by atoms with Gasteiger partial charge in [0.2, 0.25) is 11.8 Å². The molecule has 0 spiro atoms. The number of nitrogen functional groups attached to an aromatic ring is 1. The fourth-order valence-electron chi connectivity index (χ4n) is 1.82. The molecule has 0 amide bonds. The maximum atomic E-state index is 5.99. The van der Waals surface area contributed by atoms with Gasteiger partial charge < -0.3 is 10.5 Å². The van der Waals surface area contributed by atoms with E-state index in [-0.39, 0.29) is 11.8 Å². The number of ether oxygens (including phenoxy) is 1. The molecule has 1 aromatic heterocycles. The molecule has 0 saturated heterocycles. The maximum absolute atomic E-state index is 5.99. The van der Waals surface area contributed by atoms with Crippen molar-refractivity contribution in [2.24, 2.45) is 0 Å². The minimum Gasteiger partial charge on any atom is -0.437 e. The van der Waals surface area contributed by atoms with E-state index in [2.05, 4.69) is 9.97 Å². The van der Waals surface area contributed by atoms with E-state index in [9.17, 15) is 0 Å². The van der Waals surface area contributed by atoms with Crippen LogP contribution in [0.25, 0.3) is 10.8 Å². The molecule has 0 fully saturated rings. The second-order valence-electron chi connectivity index (χ2n) is 3.96. The number of benzene rings is 2. The highest BCUT2D eigenvalue weighted by atomic mass is 35.5. The zero-order valence-electron chi connectivity index (χ0n) is 9.88. The van der Waals surface area contributed by atoms with E-state index in [0.29, 0.717) is 10.8 Å². The third-order valence-electron chi connectivity index (χ3n) is 2.69. The Kier molecular flexibility index (Phi) is 2.93. The number of halogens is 1. The maximum Gasteiger partial charge on any atom is 0.243 e. The van der Waals surface area contributed by atoms with Gasteiger partial charge >= 0.3 is 0 Å². The highest BCUT2D eigenvalue weighted by Crippen LogP contribution is 2.32. The number of nitrogens with two attached hydrogens (primary N) is 1. The summed E-state index contributed by atoms with van der Waals surface area (Å²) in [7, 11) is 0. The van der Waals surface area contributed by atoms with Gasteiger partial charge in [0.15, 0.2) is 0 Å². The van der Waals surface area contributed by atoms with Crippen LogP contribution in [-0.4, -0.2) is 9.97 Å². The van der Waals surface area contributed by atoms with Gasteiger partial charge in [-0.2, -0.15) is 4.98 Å². The van der Waals surface area contributed by atoms with Gasteiger partial charge in [-0.25, -0.2) is 4.98 Å². The van der Waals surface area contributed by atoms with Crippen molar-refractivity contribution >= 4 is 28.3 Å². The van der Waals surface area contributed by atoms with E-state index in [1.807, 2.05) is 42.5 Å². The molecule has 4 nitrogen and oxygen atoms in total. The Morgan fingerprint density at radius 2 is 1.84 bits per heavy atom. The van der Waals surface area contributed by atoms with Gasteiger partial charge in [0.05, 0.1) is 6.20 Å². The lowest BCUT2D eigenvalue weighted by Crippen LogP contribution is -1.97. The molecule has 0 aliphatic heterocycles. The molecule has 3 aromatic rings. The molecule has 0 radical (unpaired) electrons. The van der Waals surface area contributed by atoms with Crippen molar-refractivity contribution in [2.75, 3.05) is 5.73 Å². The van der Waals surface area contributed by atoms with E-state index >= 15 is 0 Å². The first-order valence-electron chi connectivity index (χ1n) is 5.67. The van der Waals surface area contributed by atoms with E-state index in [1.165, 1.54) is 6.20 Å². The normalized spacial score (nSPS) is 10.6. The highest BCUT2D eigenvalue weighted by molar-refractivity contribution is 6.31. The second-order valence-corrected chi connectivity index (χ2v) is 4.37. The molecule has 3 rings (SSSR count). The van der Waals surface area contributed by atoms with Gasteiger partial charge in [-0.15, -0.1) is 0 Å². The van der Waals surface area contributed by atoms with Crippen LogP contribution in [0.3, 0.4) is 0 Å². The van der Waals surface area contributed by atoms with Crippen molar-refractivity contribution in [1.82, 2.24) is 9.97 Å². The molecule has 1 heterocycles. The van der Waals surface area contributed by atoms with Crippen molar-refractivity contribution < 1.29 is 4.74 Å². The van der Waals surface area contributed by atoms with Gasteiger partial charge in [0.1, 0.15) is 10.8 Å². The first kappa shape index (κ1) is 11.7. The van der Waals surface area contributed by atoms with Crippen LogP contribution in [0.15, 0.2) is 48.7 Å². The summed E-state index contributed by atoms with van der Waals surface area (Å²) in [4.78, 5) is 7.79. The lowest BCUT2D eigenvalue weighted by Gasteiger charge is -2.09. The molecule has 0 aliphatic carbocycles. The number of fused-ring (bicyclic) bond motifs is 1. The standard InChI is InChI=1S/C14H10ClN3O/c15-11-8-17-14(16)18-13(11)19-12-7-3-5-9-4-1-2-6-10(9)12/h1-8H,(H2,16,17,18). The van der Waals surface area contributed by atoms with Gasteiger partial charge in [0.25, 0.3) is 0 Å². The van der Waals surface area contributed by atoms with Crippen LogP contribution in [0.4, 0.5) is 5.95 Å². The summed E-state index contributed by atoms with van der Waals surface area (Å²) in [5, 5.41) is 2.39. The van der Waals surface area contributed by atoms with E-state index in [0.717, 1.165) is 10.8 Å². The molecular weight excluding hydrogens is 262 g/mol. The minimum absolute atomic E-state index is 0.125. The van der Waals surface area contributed by atoms with Crippen LogP contribution in [0.1, 0.15) is 0 Å². The van der Waals surface area contributed by atoms with Crippen LogP contribution in [0.5, 0.6) is 11.6 Å².